The first kappa shape index (κ1) is 14.1. The van der Waals surface area contributed by atoms with E-state index in [0.29, 0.717) is 0 Å². The molecular weight excluding hydrogens is 328 g/mol. The van der Waals surface area contributed by atoms with Crippen LogP contribution in [0.2, 0.25) is 0 Å². The average molecular weight is 345 g/mol. The molecule has 0 saturated heterocycles. The van der Waals surface area contributed by atoms with Gasteiger partial charge in [-0.1, -0.05) is 41.1 Å². The van der Waals surface area contributed by atoms with Crippen LogP contribution in [0.5, 0.6) is 0 Å². The second kappa shape index (κ2) is 5.90. The van der Waals surface area contributed by atoms with Crippen LogP contribution in [-0.4, -0.2) is 11.9 Å². The van der Waals surface area contributed by atoms with Crippen molar-refractivity contribution in [3.8, 4) is 0 Å². The van der Waals surface area contributed by atoms with Gasteiger partial charge in [0, 0.05) is 22.3 Å². The van der Waals surface area contributed by atoms with Crippen molar-refractivity contribution in [1.82, 2.24) is 0 Å². The molecule has 0 unspecified atom stereocenters. The maximum atomic E-state index is 12.5. The van der Waals surface area contributed by atoms with Gasteiger partial charge >= 0.3 is 0 Å². The lowest BCUT2D eigenvalue weighted by atomic mass is 10.1. The summed E-state index contributed by atoms with van der Waals surface area (Å²) in [5.41, 5.74) is 4.28. The minimum absolute atomic E-state index is 0.0169. The SMILES string of the molecule is CCc1cc(Br)ccc1NC(=O)[C@@H]1Cc2ccccc2N1. The summed E-state index contributed by atoms with van der Waals surface area (Å²) in [5, 5.41) is 6.33. The summed E-state index contributed by atoms with van der Waals surface area (Å²) in [6.45, 7) is 2.08. The van der Waals surface area contributed by atoms with Gasteiger partial charge in [-0.15, -0.1) is 0 Å². The number of hydrogen-bond donors (Lipinski definition) is 2. The third-order valence-electron chi connectivity index (χ3n) is 3.79. The molecule has 2 aromatic carbocycles. The number of para-hydroxylation sites is 1. The van der Waals surface area contributed by atoms with Gasteiger partial charge in [-0.2, -0.15) is 0 Å². The average Bonchev–Trinajstić information content (AvgIpc) is 2.93. The Kier molecular flexibility index (Phi) is 3.97. The maximum Gasteiger partial charge on any atom is 0.247 e. The number of fused-ring (bicyclic) bond motifs is 1. The van der Waals surface area contributed by atoms with Crippen molar-refractivity contribution in [1.29, 1.82) is 0 Å². The van der Waals surface area contributed by atoms with Gasteiger partial charge in [-0.3, -0.25) is 4.79 Å². The highest BCUT2D eigenvalue weighted by molar-refractivity contribution is 9.10. The first-order valence-corrected chi connectivity index (χ1v) is 7.90. The standard InChI is InChI=1S/C17H17BrN2O/c1-2-11-9-13(18)7-8-15(11)20-17(21)16-10-12-5-3-4-6-14(12)19-16/h3-9,16,19H,2,10H2,1H3,(H,20,21)/t16-/m0/s1. The monoisotopic (exact) mass is 344 g/mol. The minimum Gasteiger partial charge on any atom is -0.373 e. The number of carbonyl (C=O) groups is 1. The molecule has 0 fully saturated rings. The van der Waals surface area contributed by atoms with Crippen LogP contribution in [0, 0.1) is 0 Å². The molecule has 1 amide bonds. The quantitative estimate of drug-likeness (QED) is 0.883. The van der Waals surface area contributed by atoms with E-state index >= 15 is 0 Å². The first-order chi connectivity index (χ1) is 10.2. The summed E-state index contributed by atoms with van der Waals surface area (Å²) in [5.74, 6) is 0.0169. The number of aryl methyl sites for hydroxylation is 1. The number of nitrogens with one attached hydrogen (secondary N) is 2. The Balaban J connectivity index is 1.74. The largest absolute Gasteiger partial charge is 0.373 e. The van der Waals surface area contributed by atoms with Crippen molar-refractivity contribution >= 4 is 33.2 Å². The molecule has 0 aromatic heterocycles. The lowest BCUT2D eigenvalue weighted by Gasteiger charge is -2.14. The number of rotatable bonds is 3. The minimum atomic E-state index is -0.198. The lowest BCUT2D eigenvalue weighted by molar-refractivity contribution is -0.116. The molecule has 4 heteroatoms. The van der Waals surface area contributed by atoms with Crippen molar-refractivity contribution in [2.45, 2.75) is 25.8 Å². The van der Waals surface area contributed by atoms with Gasteiger partial charge in [-0.25, -0.2) is 0 Å². The molecule has 1 aliphatic heterocycles. The molecule has 3 nitrogen and oxygen atoms in total. The summed E-state index contributed by atoms with van der Waals surface area (Å²) >= 11 is 3.46. The van der Waals surface area contributed by atoms with Crippen molar-refractivity contribution in [3.63, 3.8) is 0 Å². The van der Waals surface area contributed by atoms with Gasteiger partial charge < -0.3 is 10.6 Å². The van der Waals surface area contributed by atoms with E-state index in [9.17, 15) is 4.79 Å². The molecule has 0 bridgehead atoms. The van der Waals surface area contributed by atoms with E-state index in [-0.39, 0.29) is 11.9 Å². The number of amides is 1. The number of hydrogen-bond acceptors (Lipinski definition) is 2. The molecule has 0 radical (unpaired) electrons. The van der Waals surface area contributed by atoms with E-state index in [1.165, 1.54) is 5.56 Å². The van der Waals surface area contributed by atoms with Gasteiger partial charge in [0.05, 0.1) is 0 Å². The fourth-order valence-electron chi connectivity index (χ4n) is 2.65. The van der Waals surface area contributed by atoms with E-state index in [1.807, 2.05) is 36.4 Å². The second-order valence-electron chi connectivity index (χ2n) is 5.20. The van der Waals surface area contributed by atoms with Gasteiger partial charge in [0.1, 0.15) is 6.04 Å². The third kappa shape index (κ3) is 2.95. The molecule has 0 saturated carbocycles. The molecule has 2 N–H and O–H groups in total. The molecule has 108 valence electrons. The van der Waals surface area contributed by atoms with Crippen molar-refractivity contribution in [3.05, 3.63) is 58.1 Å². The molecule has 3 rings (SSSR count). The zero-order valence-electron chi connectivity index (χ0n) is 11.8. The van der Waals surface area contributed by atoms with E-state index < -0.39 is 0 Å². The predicted molar refractivity (Wildman–Crippen MR) is 89.7 cm³/mol. The molecule has 0 aliphatic carbocycles. The summed E-state index contributed by atoms with van der Waals surface area (Å²) < 4.78 is 1.03. The third-order valence-corrected chi connectivity index (χ3v) is 4.29. The Morgan fingerprint density at radius 3 is 2.90 bits per heavy atom. The first-order valence-electron chi connectivity index (χ1n) is 7.11. The summed E-state index contributed by atoms with van der Waals surface area (Å²) in [4.78, 5) is 12.5. The van der Waals surface area contributed by atoms with E-state index in [1.54, 1.807) is 0 Å². The molecule has 1 heterocycles. The Hall–Kier alpha value is -1.81. The predicted octanol–water partition coefficient (Wildman–Crippen LogP) is 3.99. The Morgan fingerprint density at radius 1 is 1.33 bits per heavy atom. The van der Waals surface area contributed by atoms with Crippen LogP contribution in [0.25, 0.3) is 0 Å². The van der Waals surface area contributed by atoms with Gasteiger partial charge in [-0.05, 0) is 41.8 Å². The lowest BCUT2D eigenvalue weighted by Crippen LogP contribution is -2.33. The van der Waals surface area contributed by atoms with Gasteiger partial charge in [0.2, 0.25) is 5.91 Å². The number of carbonyl (C=O) groups excluding carboxylic acids is 1. The highest BCUT2D eigenvalue weighted by Gasteiger charge is 2.26. The van der Waals surface area contributed by atoms with E-state index in [0.717, 1.165) is 34.3 Å². The van der Waals surface area contributed by atoms with E-state index in [4.69, 9.17) is 0 Å². The van der Waals surface area contributed by atoms with Crippen LogP contribution in [0.15, 0.2) is 46.9 Å². The summed E-state index contributed by atoms with van der Waals surface area (Å²) in [7, 11) is 0. The van der Waals surface area contributed by atoms with Crippen LogP contribution in [-0.2, 0) is 17.6 Å². The van der Waals surface area contributed by atoms with Crippen LogP contribution in [0.4, 0.5) is 11.4 Å². The van der Waals surface area contributed by atoms with Crippen LogP contribution < -0.4 is 10.6 Å². The van der Waals surface area contributed by atoms with Crippen molar-refractivity contribution in [2.75, 3.05) is 10.6 Å². The Labute approximate surface area is 132 Å². The highest BCUT2D eigenvalue weighted by atomic mass is 79.9. The molecule has 2 aromatic rings. The van der Waals surface area contributed by atoms with Gasteiger partial charge in [0.25, 0.3) is 0 Å². The highest BCUT2D eigenvalue weighted by Crippen LogP contribution is 2.27. The normalized spacial score (nSPS) is 16.2. The molecule has 21 heavy (non-hydrogen) atoms. The zero-order chi connectivity index (χ0) is 14.8. The summed E-state index contributed by atoms with van der Waals surface area (Å²) in [6, 6.07) is 13.8. The summed E-state index contributed by atoms with van der Waals surface area (Å²) in [6.07, 6.45) is 1.62. The van der Waals surface area contributed by atoms with Crippen molar-refractivity contribution < 1.29 is 4.79 Å². The number of halogens is 1. The maximum absolute atomic E-state index is 12.5. The van der Waals surface area contributed by atoms with Crippen molar-refractivity contribution in [2.24, 2.45) is 0 Å². The Bertz CT molecular complexity index is 659. The fraction of sp³-hybridized carbons (Fsp3) is 0.235. The van der Waals surface area contributed by atoms with Crippen LogP contribution in [0.3, 0.4) is 0 Å². The zero-order valence-corrected chi connectivity index (χ0v) is 13.4. The fourth-order valence-corrected chi connectivity index (χ4v) is 3.06. The number of anilines is 2. The molecule has 0 spiro atoms. The second-order valence-corrected chi connectivity index (χ2v) is 6.12. The van der Waals surface area contributed by atoms with Gasteiger partial charge in [0.15, 0.2) is 0 Å². The molecular formula is C17H17BrN2O. The topological polar surface area (TPSA) is 41.1 Å². The smallest absolute Gasteiger partial charge is 0.247 e. The van der Waals surface area contributed by atoms with Crippen LogP contribution in [0.1, 0.15) is 18.1 Å². The Morgan fingerprint density at radius 2 is 2.14 bits per heavy atom. The molecule has 1 aliphatic rings. The number of benzene rings is 2. The molecule has 1 atom stereocenters. The van der Waals surface area contributed by atoms with E-state index in [2.05, 4.69) is 39.6 Å². The van der Waals surface area contributed by atoms with Crippen LogP contribution >= 0.6 is 15.9 Å².